The average Bonchev–Trinajstić information content (AvgIpc) is 3.09. The molecular weight excluding hydrogens is 795 g/mol. The second kappa shape index (κ2) is 30.4. The maximum Gasteiger partial charge on any atom is 0.133 e. The van der Waals surface area contributed by atoms with Gasteiger partial charge in [0.15, 0.2) is 0 Å². The number of aryl methyl sites for hydroxylation is 1. The van der Waals surface area contributed by atoms with E-state index in [1.807, 2.05) is 13.0 Å². The van der Waals surface area contributed by atoms with E-state index in [1.54, 1.807) is 19.1 Å². The van der Waals surface area contributed by atoms with Crippen molar-refractivity contribution in [1.82, 2.24) is 19.6 Å². The molecule has 5 nitrogen and oxygen atoms in total. The van der Waals surface area contributed by atoms with E-state index in [1.165, 1.54) is 97.2 Å². The summed E-state index contributed by atoms with van der Waals surface area (Å²) in [7, 11) is 0. The number of hydrogen-bond donors (Lipinski definition) is 0. The number of halogens is 2. The van der Waals surface area contributed by atoms with Crippen LogP contribution in [0.4, 0.5) is 8.78 Å². The lowest BCUT2D eigenvalue weighted by atomic mass is 9.78. The zero-order valence-electron chi connectivity index (χ0n) is 44.7. The van der Waals surface area contributed by atoms with Gasteiger partial charge in [-0.05, 0) is 122 Å². The Bertz CT molecular complexity index is 1260. The molecule has 3 aliphatic heterocycles. The molecule has 4 fully saturated rings. The molecule has 1 aromatic rings. The lowest BCUT2D eigenvalue weighted by Gasteiger charge is -2.43. The molecule has 1 aromatic carbocycles. The predicted molar refractivity (Wildman–Crippen MR) is 282 cm³/mol. The zero-order chi connectivity index (χ0) is 47.4. The Hall–Kier alpha value is -1.12. The minimum atomic E-state index is -0.905. The Kier molecular flexibility index (Phi) is 30.8. The van der Waals surface area contributed by atoms with Gasteiger partial charge in [-0.15, -0.1) is 0 Å². The van der Waals surface area contributed by atoms with Gasteiger partial charge in [-0.3, -0.25) is 9.80 Å². The second-order valence-electron chi connectivity index (χ2n) is 26.0. The number of rotatable bonds is 9. The third-order valence-corrected chi connectivity index (χ3v) is 11.7. The van der Waals surface area contributed by atoms with Crippen molar-refractivity contribution in [3.05, 3.63) is 35.1 Å². The fourth-order valence-corrected chi connectivity index (χ4v) is 8.80. The topological polar surface area (TPSA) is 22.2 Å². The maximum absolute atomic E-state index is 13.0. The van der Waals surface area contributed by atoms with Crippen molar-refractivity contribution in [2.75, 3.05) is 91.8 Å². The van der Waals surface area contributed by atoms with E-state index in [-0.39, 0.29) is 26.1 Å². The van der Waals surface area contributed by atoms with E-state index in [0.29, 0.717) is 34.7 Å². The summed E-state index contributed by atoms with van der Waals surface area (Å²) in [6.07, 6.45) is 13.5. The van der Waals surface area contributed by atoms with Crippen LogP contribution < -0.4 is 0 Å². The lowest BCUT2D eigenvalue weighted by molar-refractivity contribution is -0.0220. The van der Waals surface area contributed by atoms with E-state index in [2.05, 4.69) is 130 Å². The Morgan fingerprint density at radius 1 is 0.594 bits per heavy atom. The van der Waals surface area contributed by atoms with Crippen molar-refractivity contribution >= 4 is 0 Å². The maximum atomic E-state index is 13.0. The fourth-order valence-electron chi connectivity index (χ4n) is 8.80. The van der Waals surface area contributed by atoms with Gasteiger partial charge in [0.25, 0.3) is 0 Å². The van der Waals surface area contributed by atoms with Crippen LogP contribution in [0, 0.1) is 45.7 Å². The second-order valence-corrected chi connectivity index (χ2v) is 26.0. The average molecular weight is 910 g/mol. The normalized spacial score (nSPS) is 19.3. The van der Waals surface area contributed by atoms with Crippen molar-refractivity contribution in [3.8, 4) is 0 Å². The molecule has 0 atom stereocenters. The fraction of sp³-hybridized carbons (Fsp3) is 0.895. The number of hydrogen-bond acceptors (Lipinski definition) is 5. The van der Waals surface area contributed by atoms with Gasteiger partial charge in [0.2, 0.25) is 0 Å². The van der Waals surface area contributed by atoms with Crippen LogP contribution in [0.1, 0.15) is 201 Å². The first-order valence-electron chi connectivity index (χ1n) is 25.2. The number of morpholine rings is 1. The van der Waals surface area contributed by atoms with Crippen LogP contribution in [0.25, 0.3) is 0 Å². The van der Waals surface area contributed by atoms with Gasteiger partial charge in [-0.1, -0.05) is 164 Å². The molecular formula is C57H114F2N4O. The van der Waals surface area contributed by atoms with Gasteiger partial charge < -0.3 is 14.5 Å². The molecule has 7 heteroatoms. The highest BCUT2D eigenvalue weighted by atomic mass is 19.1. The molecule has 3 heterocycles. The van der Waals surface area contributed by atoms with E-state index in [4.69, 9.17) is 4.74 Å². The minimum absolute atomic E-state index is 0. The molecule has 1 saturated carbocycles. The minimum Gasteiger partial charge on any atom is -0.379 e. The predicted octanol–water partition coefficient (Wildman–Crippen LogP) is 15.3. The molecule has 0 N–H and O–H groups in total. The monoisotopic (exact) mass is 909 g/mol. The van der Waals surface area contributed by atoms with Crippen LogP contribution in [-0.2, 0) is 11.2 Å². The number of ether oxygens (including phenoxy) is 1. The standard InChI is InChI=1S/C12H17F.C12H26N2.C11H22.C10H20FN.C10H21NO.2CH4/c1-9-5-10(7-11(13)6-9)8-12(2,3)4;1-5-6-13-7-9-14(10-8-13)11-12(2,3)4;1-11(2,3)9-10-7-5-4-6-8-10;1-9(2,3)5-6-12-7-10(4,11)8-12;1-10(2,3)4-5-11-6-8-12-9-7-11;;/h5-7H,8H2,1-4H3;5-11H2,1-4H3;10H,4-9H2,1-3H3;5-8H2,1-4H3;4-9H2,1-3H3;2*1H4. The highest BCUT2D eigenvalue weighted by molar-refractivity contribution is 5.24. The highest BCUT2D eigenvalue weighted by Crippen LogP contribution is 2.34. The molecule has 0 amide bonds. The first-order chi connectivity index (χ1) is 28.3. The summed E-state index contributed by atoms with van der Waals surface area (Å²) in [5.74, 6) is 0.919. The SMILES string of the molecule is C.C.CC(C)(C)CC1CCCCC1.CC(C)(C)CCN1CC(C)(F)C1.CC(C)(C)CCN1CCOCC1.CCCN1CCN(CC(C)(C)C)CC1.Cc1cc(F)cc(CC(C)(C)C)c1. The summed E-state index contributed by atoms with van der Waals surface area (Å²) in [6, 6.07) is 5.23. The van der Waals surface area contributed by atoms with Gasteiger partial charge in [0.1, 0.15) is 11.5 Å². The molecule has 4 aliphatic rings. The number of benzene rings is 1. The van der Waals surface area contributed by atoms with E-state index < -0.39 is 5.67 Å². The molecule has 0 aromatic heterocycles. The van der Waals surface area contributed by atoms with E-state index in [9.17, 15) is 8.78 Å². The highest BCUT2D eigenvalue weighted by Gasteiger charge is 2.38. The summed E-state index contributed by atoms with van der Waals surface area (Å²) < 4.78 is 31.3. The van der Waals surface area contributed by atoms with Gasteiger partial charge >= 0.3 is 0 Å². The third kappa shape index (κ3) is 36.9. The Morgan fingerprint density at radius 2 is 1.06 bits per heavy atom. The summed E-state index contributed by atoms with van der Waals surface area (Å²) in [4.78, 5) is 9.87. The summed E-state index contributed by atoms with van der Waals surface area (Å²) in [6.45, 7) is 55.2. The molecule has 5 rings (SSSR count). The van der Waals surface area contributed by atoms with Crippen molar-refractivity contribution in [1.29, 1.82) is 0 Å². The molecule has 0 radical (unpaired) electrons. The number of piperazine rings is 1. The van der Waals surface area contributed by atoms with Crippen molar-refractivity contribution in [2.45, 2.75) is 209 Å². The summed E-state index contributed by atoms with van der Waals surface area (Å²) in [5, 5.41) is 0. The van der Waals surface area contributed by atoms with Crippen molar-refractivity contribution in [3.63, 3.8) is 0 Å². The Morgan fingerprint density at radius 3 is 1.47 bits per heavy atom. The molecule has 382 valence electrons. The summed E-state index contributed by atoms with van der Waals surface area (Å²) >= 11 is 0. The molecule has 3 saturated heterocycles. The first kappa shape index (κ1) is 65.0. The van der Waals surface area contributed by atoms with Crippen LogP contribution in [-0.4, -0.2) is 117 Å². The molecule has 64 heavy (non-hydrogen) atoms. The smallest absolute Gasteiger partial charge is 0.133 e. The number of nitrogens with zero attached hydrogens (tertiary/aromatic N) is 4. The zero-order valence-corrected chi connectivity index (χ0v) is 44.7. The summed E-state index contributed by atoms with van der Waals surface area (Å²) in [5.41, 5.74) is 3.26. The van der Waals surface area contributed by atoms with Crippen LogP contribution in [0.15, 0.2) is 18.2 Å². The Labute approximate surface area is 401 Å². The van der Waals surface area contributed by atoms with E-state index in [0.717, 1.165) is 62.7 Å². The van der Waals surface area contributed by atoms with Crippen LogP contribution in [0.2, 0.25) is 0 Å². The number of likely N-dealkylation sites (tertiary alicyclic amines) is 1. The van der Waals surface area contributed by atoms with Crippen molar-refractivity contribution in [2.24, 2.45) is 33.0 Å². The molecule has 0 bridgehead atoms. The first-order valence-corrected chi connectivity index (χ1v) is 25.2. The third-order valence-electron chi connectivity index (χ3n) is 11.7. The van der Waals surface area contributed by atoms with E-state index >= 15 is 0 Å². The quantitative estimate of drug-likeness (QED) is 0.246. The lowest BCUT2D eigenvalue weighted by Crippen LogP contribution is -2.57. The molecule has 0 unspecified atom stereocenters. The van der Waals surface area contributed by atoms with Gasteiger partial charge in [-0.25, -0.2) is 8.78 Å². The van der Waals surface area contributed by atoms with Gasteiger partial charge in [-0.2, -0.15) is 0 Å². The van der Waals surface area contributed by atoms with Crippen LogP contribution in [0.5, 0.6) is 0 Å². The molecule has 0 spiro atoms. The van der Waals surface area contributed by atoms with Gasteiger partial charge in [0, 0.05) is 58.9 Å². The largest absolute Gasteiger partial charge is 0.379 e. The van der Waals surface area contributed by atoms with Gasteiger partial charge in [0.05, 0.1) is 13.2 Å². The molecule has 1 aliphatic carbocycles. The van der Waals surface area contributed by atoms with Crippen LogP contribution >= 0.6 is 0 Å². The van der Waals surface area contributed by atoms with Crippen LogP contribution in [0.3, 0.4) is 0 Å². The van der Waals surface area contributed by atoms with Crippen molar-refractivity contribution < 1.29 is 13.5 Å². The number of alkyl halides is 1. The Balaban J connectivity index is 0.